The third kappa shape index (κ3) is 5.85. The Hall–Kier alpha value is -1.36. The summed E-state index contributed by atoms with van der Waals surface area (Å²) in [5.41, 5.74) is -0.299. The van der Waals surface area contributed by atoms with Gasteiger partial charge in [0.05, 0.1) is 0 Å². The molecule has 0 aliphatic rings. The first-order valence-electron chi connectivity index (χ1n) is 4.85. The van der Waals surface area contributed by atoms with Gasteiger partial charge in [-0.05, 0) is 13.3 Å². The predicted octanol–water partition coefficient (Wildman–Crippen LogP) is 0.340. The summed E-state index contributed by atoms with van der Waals surface area (Å²) in [6.07, 6.45) is 0.549. The number of carbonyl (C=O) groups is 2. The van der Waals surface area contributed by atoms with Crippen molar-refractivity contribution >= 4 is 11.9 Å². The standard InChI is InChI=1S/C10H17NO4/c1-4-5-6-11-9(13)7(2)10(14)15-8(3)12/h8,12H,2,4-6H2,1,3H3,(H,11,13). The van der Waals surface area contributed by atoms with Crippen LogP contribution < -0.4 is 5.32 Å². The van der Waals surface area contributed by atoms with Crippen LogP contribution in [0.1, 0.15) is 26.7 Å². The molecule has 0 aromatic rings. The Labute approximate surface area is 89.1 Å². The molecule has 0 spiro atoms. The van der Waals surface area contributed by atoms with E-state index < -0.39 is 18.2 Å². The topological polar surface area (TPSA) is 75.6 Å². The fraction of sp³-hybridized carbons (Fsp3) is 0.600. The van der Waals surface area contributed by atoms with Crippen molar-refractivity contribution in [3.05, 3.63) is 12.2 Å². The lowest BCUT2D eigenvalue weighted by Crippen LogP contribution is -2.30. The predicted molar refractivity (Wildman–Crippen MR) is 54.8 cm³/mol. The summed E-state index contributed by atoms with van der Waals surface area (Å²) in [7, 11) is 0. The van der Waals surface area contributed by atoms with Crippen LogP contribution in [0.5, 0.6) is 0 Å². The normalized spacial score (nSPS) is 11.7. The number of esters is 1. The number of nitrogens with one attached hydrogen (secondary N) is 1. The largest absolute Gasteiger partial charge is 0.433 e. The molecule has 0 aliphatic carbocycles. The van der Waals surface area contributed by atoms with Crippen molar-refractivity contribution in [2.24, 2.45) is 0 Å². The van der Waals surface area contributed by atoms with Crippen LogP contribution in [0.3, 0.4) is 0 Å². The molecule has 1 unspecified atom stereocenters. The summed E-state index contributed by atoms with van der Waals surface area (Å²) < 4.78 is 4.40. The zero-order chi connectivity index (χ0) is 11.8. The molecule has 0 fully saturated rings. The first-order chi connectivity index (χ1) is 6.99. The van der Waals surface area contributed by atoms with Crippen LogP contribution in [0.15, 0.2) is 12.2 Å². The molecule has 5 heteroatoms. The smallest absolute Gasteiger partial charge is 0.345 e. The Kier molecular flexibility index (Phi) is 6.37. The van der Waals surface area contributed by atoms with Gasteiger partial charge in [0.15, 0.2) is 6.29 Å². The van der Waals surface area contributed by atoms with E-state index >= 15 is 0 Å². The quantitative estimate of drug-likeness (QED) is 0.167. The van der Waals surface area contributed by atoms with Gasteiger partial charge in [0.25, 0.3) is 5.91 Å². The van der Waals surface area contributed by atoms with Gasteiger partial charge in [-0.2, -0.15) is 0 Å². The zero-order valence-corrected chi connectivity index (χ0v) is 9.08. The second kappa shape index (κ2) is 7.00. The number of ether oxygens (including phenoxy) is 1. The first-order valence-corrected chi connectivity index (χ1v) is 4.85. The number of aliphatic hydroxyl groups excluding tert-OH is 1. The van der Waals surface area contributed by atoms with Gasteiger partial charge >= 0.3 is 5.97 Å². The summed E-state index contributed by atoms with van der Waals surface area (Å²) in [5.74, 6) is -1.46. The van der Waals surface area contributed by atoms with E-state index in [1.165, 1.54) is 6.92 Å². The molecule has 0 heterocycles. The second-order valence-electron chi connectivity index (χ2n) is 3.09. The van der Waals surface area contributed by atoms with E-state index in [-0.39, 0.29) is 5.57 Å². The molecule has 0 bridgehead atoms. The SMILES string of the molecule is C=C(C(=O)NCCCC)C(=O)OC(C)O. The highest BCUT2D eigenvalue weighted by atomic mass is 16.6. The summed E-state index contributed by atoms with van der Waals surface area (Å²) in [6, 6.07) is 0. The van der Waals surface area contributed by atoms with E-state index in [0.717, 1.165) is 12.8 Å². The van der Waals surface area contributed by atoms with Gasteiger partial charge in [0, 0.05) is 6.54 Å². The Morgan fingerprint density at radius 3 is 2.60 bits per heavy atom. The maximum absolute atomic E-state index is 11.2. The number of hydrogen-bond acceptors (Lipinski definition) is 4. The summed E-state index contributed by atoms with van der Waals surface area (Å²) >= 11 is 0. The molecule has 0 rings (SSSR count). The Morgan fingerprint density at radius 1 is 1.53 bits per heavy atom. The fourth-order valence-corrected chi connectivity index (χ4v) is 0.804. The van der Waals surface area contributed by atoms with Crippen LogP contribution in [-0.2, 0) is 14.3 Å². The third-order valence-corrected chi connectivity index (χ3v) is 1.61. The highest BCUT2D eigenvalue weighted by Gasteiger charge is 2.17. The molecule has 1 amide bonds. The van der Waals surface area contributed by atoms with Crippen molar-refractivity contribution < 1.29 is 19.4 Å². The highest BCUT2D eigenvalue weighted by Crippen LogP contribution is 1.98. The molecule has 0 saturated carbocycles. The second-order valence-corrected chi connectivity index (χ2v) is 3.09. The van der Waals surface area contributed by atoms with Crippen molar-refractivity contribution in [1.82, 2.24) is 5.32 Å². The summed E-state index contributed by atoms with van der Waals surface area (Å²) in [4.78, 5) is 22.3. The van der Waals surface area contributed by atoms with Crippen molar-refractivity contribution in [2.75, 3.05) is 6.54 Å². The van der Waals surface area contributed by atoms with Gasteiger partial charge in [0.1, 0.15) is 5.57 Å². The summed E-state index contributed by atoms with van der Waals surface area (Å²) in [5, 5.41) is 11.3. The number of hydrogen-bond donors (Lipinski definition) is 2. The molecule has 5 nitrogen and oxygen atoms in total. The van der Waals surface area contributed by atoms with Gasteiger partial charge in [-0.3, -0.25) is 4.79 Å². The third-order valence-electron chi connectivity index (χ3n) is 1.61. The van der Waals surface area contributed by atoms with Gasteiger partial charge < -0.3 is 15.2 Å². The molecule has 0 saturated heterocycles. The minimum Gasteiger partial charge on any atom is -0.433 e. The van der Waals surface area contributed by atoms with E-state index in [4.69, 9.17) is 5.11 Å². The minimum absolute atomic E-state index is 0.299. The van der Waals surface area contributed by atoms with Gasteiger partial charge in [0.2, 0.25) is 0 Å². The van der Waals surface area contributed by atoms with Crippen LogP contribution in [-0.4, -0.2) is 29.8 Å². The minimum atomic E-state index is -1.24. The molecular weight excluding hydrogens is 198 g/mol. The van der Waals surface area contributed by atoms with Crippen LogP contribution in [0, 0.1) is 0 Å². The molecule has 0 aromatic heterocycles. The van der Waals surface area contributed by atoms with Gasteiger partial charge in [-0.1, -0.05) is 19.9 Å². The monoisotopic (exact) mass is 215 g/mol. The van der Waals surface area contributed by atoms with E-state index in [2.05, 4.69) is 16.6 Å². The van der Waals surface area contributed by atoms with E-state index in [9.17, 15) is 9.59 Å². The zero-order valence-electron chi connectivity index (χ0n) is 9.08. The molecule has 0 aliphatic heterocycles. The summed E-state index contributed by atoms with van der Waals surface area (Å²) in [6.45, 7) is 7.05. The molecule has 2 N–H and O–H groups in total. The highest BCUT2D eigenvalue weighted by molar-refractivity contribution is 6.15. The van der Waals surface area contributed by atoms with Gasteiger partial charge in [-0.25, -0.2) is 4.79 Å². The van der Waals surface area contributed by atoms with Crippen molar-refractivity contribution in [2.45, 2.75) is 33.0 Å². The molecule has 0 radical (unpaired) electrons. The maximum atomic E-state index is 11.2. The maximum Gasteiger partial charge on any atom is 0.345 e. The lowest BCUT2D eigenvalue weighted by Gasteiger charge is -2.09. The Balaban J connectivity index is 3.97. The van der Waals surface area contributed by atoms with Crippen LogP contribution in [0.25, 0.3) is 0 Å². The van der Waals surface area contributed by atoms with Crippen molar-refractivity contribution in [3.8, 4) is 0 Å². The first kappa shape index (κ1) is 13.6. The van der Waals surface area contributed by atoms with E-state index in [0.29, 0.717) is 6.54 Å². The average Bonchev–Trinajstić information content (AvgIpc) is 2.15. The number of aliphatic hydroxyl groups is 1. The number of rotatable bonds is 6. The molecule has 0 aromatic carbocycles. The van der Waals surface area contributed by atoms with Crippen LogP contribution >= 0.6 is 0 Å². The molecular formula is C10H17NO4. The van der Waals surface area contributed by atoms with Gasteiger partial charge in [-0.15, -0.1) is 0 Å². The van der Waals surface area contributed by atoms with E-state index in [1.54, 1.807) is 0 Å². The Morgan fingerprint density at radius 2 is 2.13 bits per heavy atom. The lowest BCUT2D eigenvalue weighted by molar-refractivity contribution is -0.160. The average molecular weight is 215 g/mol. The number of carbonyl (C=O) groups excluding carboxylic acids is 2. The number of unbranched alkanes of at least 4 members (excludes halogenated alkanes) is 1. The molecule has 1 atom stereocenters. The molecule has 86 valence electrons. The lowest BCUT2D eigenvalue weighted by atomic mass is 10.2. The number of amides is 1. The Bertz CT molecular complexity index is 248. The van der Waals surface area contributed by atoms with Crippen LogP contribution in [0.4, 0.5) is 0 Å². The van der Waals surface area contributed by atoms with Crippen molar-refractivity contribution in [1.29, 1.82) is 0 Å². The van der Waals surface area contributed by atoms with Crippen LogP contribution in [0.2, 0.25) is 0 Å². The molecule has 15 heavy (non-hydrogen) atoms. The van der Waals surface area contributed by atoms with Crippen molar-refractivity contribution in [3.63, 3.8) is 0 Å². The van der Waals surface area contributed by atoms with E-state index in [1.807, 2.05) is 6.92 Å². The fourth-order valence-electron chi connectivity index (χ4n) is 0.804.